The van der Waals surface area contributed by atoms with E-state index in [1.165, 1.54) is 12.1 Å². The molecular weight excluding hydrogens is 256 g/mol. The van der Waals surface area contributed by atoms with Crippen LogP contribution in [0.5, 0.6) is 5.75 Å². The van der Waals surface area contributed by atoms with Gasteiger partial charge in [-0.05, 0) is 31.3 Å². The smallest absolute Gasteiger partial charge is 0.238 e. The lowest BCUT2D eigenvalue weighted by molar-refractivity contribution is 0.192. The Hall–Kier alpha value is -1.15. The van der Waals surface area contributed by atoms with E-state index in [-0.39, 0.29) is 11.5 Å². The molecule has 0 aliphatic rings. The van der Waals surface area contributed by atoms with Crippen LogP contribution in [0.1, 0.15) is 0 Å². The van der Waals surface area contributed by atoms with E-state index in [0.717, 1.165) is 0 Å². The monoisotopic (exact) mass is 274 g/mol. The van der Waals surface area contributed by atoms with Gasteiger partial charge < -0.3 is 14.7 Å². The fourth-order valence-corrected chi connectivity index (χ4v) is 1.84. The molecule has 0 atom stereocenters. The number of rotatable bonds is 7. The van der Waals surface area contributed by atoms with Crippen LogP contribution in [0.3, 0.4) is 0 Å². The predicted molar refractivity (Wildman–Crippen MR) is 67.9 cm³/mol. The molecule has 0 radical (unpaired) electrons. The lowest BCUT2D eigenvalue weighted by atomic mass is 10.3. The molecule has 0 spiro atoms. The summed E-state index contributed by atoms with van der Waals surface area (Å²) in [7, 11) is -1.77. The standard InChI is InChI=1S/C11H18N2O4S/c1-13(6-8-14)7-9-17-10-2-4-11(5-3-10)18(12,15)16/h2-5,14H,6-9H2,1H3,(H2,12,15,16). The van der Waals surface area contributed by atoms with Crippen molar-refractivity contribution in [3.8, 4) is 5.75 Å². The lowest BCUT2D eigenvalue weighted by Crippen LogP contribution is -2.27. The van der Waals surface area contributed by atoms with Crippen LogP contribution >= 0.6 is 0 Å². The van der Waals surface area contributed by atoms with E-state index in [2.05, 4.69) is 0 Å². The van der Waals surface area contributed by atoms with Gasteiger partial charge in [0.2, 0.25) is 10.0 Å². The minimum absolute atomic E-state index is 0.0623. The Bertz CT molecular complexity index is 458. The molecule has 0 aliphatic carbocycles. The second-order valence-corrected chi connectivity index (χ2v) is 5.45. The van der Waals surface area contributed by atoms with Crippen molar-refractivity contribution in [3.05, 3.63) is 24.3 Å². The molecule has 1 rings (SSSR count). The molecule has 0 saturated carbocycles. The molecule has 0 saturated heterocycles. The minimum Gasteiger partial charge on any atom is -0.492 e. The first-order valence-corrected chi connectivity index (χ1v) is 7.03. The number of ether oxygens (including phenoxy) is 1. The predicted octanol–water partition coefficient (Wildman–Crippen LogP) is -0.363. The molecule has 0 fully saturated rings. The van der Waals surface area contributed by atoms with Crippen molar-refractivity contribution in [3.63, 3.8) is 0 Å². The third-order valence-corrected chi connectivity index (χ3v) is 3.30. The second-order valence-electron chi connectivity index (χ2n) is 3.89. The Labute approximate surface area is 107 Å². The van der Waals surface area contributed by atoms with Gasteiger partial charge in [-0.15, -0.1) is 0 Å². The van der Waals surface area contributed by atoms with Crippen LogP contribution in [0.15, 0.2) is 29.2 Å². The summed E-state index contributed by atoms with van der Waals surface area (Å²) in [5, 5.41) is 13.7. The van der Waals surface area contributed by atoms with Crippen molar-refractivity contribution in [2.45, 2.75) is 4.90 Å². The summed E-state index contributed by atoms with van der Waals surface area (Å²) in [6, 6.07) is 5.93. The summed E-state index contributed by atoms with van der Waals surface area (Å²) in [5.74, 6) is 0.583. The number of primary sulfonamides is 1. The van der Waals surface area contributed by atoms with Gasteiger partial charge >= 0.3 is 0 Å². The van der Waals surface area contributed by atoms with Gasteiger partial charge in [0, 0.05) is 13.1 Å². The summed E-state index contributed by atoms with van der Waals surface area (Å²) in [4.78, 5) is 1.99. The Balaban J connectivity index is 2.45. The average molecular weight is 274 g/mol. The molecule has 0 unspecified atom stereocenters. The van der Waals surface area contributed by atoms with E-state index in [1.54, 1.807) is 12.1 Å². The van der Waals surface area contributed by atoms with E-state index in [1.807, 2.05) is 11.9 Å². The molecule has 3 N–H and O–H groups in total. The summed E-state index contributed by atoms with van der Waals surface area (Å²) >= 11 is 0. The van der Waals surface area contributed by atoms with E-state index in [4.69, 9.17) is 15.0 Å². The van der Waals surface area contributed by atoms with Gasteiger partial charge in [-0.3, -0.25) is 0 Å². The maximum atomic E-state index is 11.0. The van der Waals surface area contributed by atoms with Crippen molar-refractivity contribution in [2.75, 3.05) is 33.4 Å². The highest BCUT2D eigenvalue weighted by Gasteiger charge is 2.07. The number of hydrogen-bond acceptors (Lipinski definition) is 5. The van der Waals surface area contributed by atoms with E-state index >= 15 is 0 Å². The number of nitrogens with two attached hydrogens (primary N) is 1. The molecule has 0 aliphatic heterocycles. The maximum Gasteiger partial charge on any atom is 0.238 e. The highest BCUT2D eigenvalue weighted by Crippen LogP contribution is 2.14. The largest absolute Gasteiger partial charge is 0.492 e. The van der Waals surface area contributed by atoms with Crippen molar-refractivity contribution < 1.29 is 18.3 Å². The topological polar surface area (TPSA) is 92.9 Å². The third kappa shape index (κ3) is 5.01. The average Bonchev–Trinajstić information content (AvgIpc) is 2.29. The number of hydrogen-bond donors (Lipinski definition) is 2. The molecule has 1 aromatic carbocycles. The molecule has 0 aromatic heterocycles. The third-order valence-electron chi connectivity index (χ3n) is 2.38. The van der Waals surface area contributed by atoms with Crippen LogP contribution < -0.4 is 9.88 Å². The van der Waals surface area contributed by atoms with E-state index < -0.39 is 10.0 Å². The van der Waals surface area contributed by atoms with Crippen LogP contribution in [-0.4, -0.2) is 51.8 Å². The zero-order valence-corrected chi connectivity index (χ0v) is 11.1. The fourth-order valence-electron chi connectivity index (χ4n) is 1.33. The van der Waals surface area contributed by atoms with Gasteiger partial charge in [0.25, 0.3) is 0 Å². The summed E-state index contributed by atoms with van der Waals surface area (Å²) in [6.07, 6.45) is 0. The number of aliphatic hydroxyl groups excluding tert-OH is 1. The van der Waals surface area contributed by atoms with Gasteiger partial charge in [-0.25, -0.2) is 13.6 Å². The van der Waals surface area contributed by atoms with Crippen molar-refractivity contribution in [1.29, 1.82) is 0 Å². The van der Waals surface area contributed by atoms with E-state index in [0.29, 0.717) is 25.4 Å². The highest BCUT2D eigenvalue weighted by molar-refractivity contribution is 7.89. The molecule has 0 amide bonds. The lowest BCUT2D eigenvalue weighted by Gasteiger charge is -2.15. The van der Waals surface area contributed by atoms with Crippen molar-refractivity contribution >= 4 is 10.0 Å². The fraction of sp³-hybridized carbons (Fsp3) is 0.455. The number of aliphatic hydroxyl groups is 1. The molecule has 6 nitrogen and oxygen atoms in total. The Morgan fingerprint density at radius 1 is 1.28 bits per heavy atom. The van der Waals surface area contributed by atoms with Crippen molar-refractivity contribution in [1.82, 2.24) is 4.90 Å². The van der Waals surface area contributed by atoms with Crippen molar-refractivity contribution in [2.24, 2.45) is 5.14 Å². The van der Waals surface area contributed by atoms with Gasteiger partial charge in [-0.1, -0.05) is 0 Å². The maximum absolute atomic E-state index is 11.0. The minimum atomic E-state index is -3.65. The summed E-state index contributed by atoms with van der Waals surface area (Å²) in [5.41, 5.74) is 0. The Morgan fingerprint density at radius 3 is 2.39 bits per heavy atom. The molecule has 0 heterocycles. The second kappa shape index (κ2) is 6.69. The molecule has 1 aromatic rings. The van der Waals surface area contributed by atoms with Crippen LogP contribution in [0.25, 0.3) is 0 Å². The summed E-state index contributed by atoms with van der Waals surface area (Å²) in [6.45, 7) is 1.84. The van der Waals surface area contributed by atoms with Gasteiger partial charge in [0.15, 0.2) is 0 Å². The molecule has 102 valence electrons. The summed E-state index contributed by atoms with van der Waals surface area (Å²) < 4.78 is 27.5. The molecule has 0 bridgehead atoms. The highest BCUT2D eigenvalue weighted by atomic mass is 32.2. The zero-order chi connectivity index (χ0) is 13.6. The van der Waals surface area contributed by atoms with Gasteiger partial charge in [0.1, 0.15) is 12.4 Å². The van der Waals surface area contributed by atoms with Crippen LogP contribution in [0.2, 0.25) is 0 Å². The number of nitrogens with zero attached hydrogens (tertiary/aromatic N) is 1. The molecular formula is C11H18N2O4S. The van der Waals surface area contributed by atoms with Crippen LogP contribution in [-0.2, 0) is 10.0 Å². The number of likely N-dealkylation sites (N-methyl/N-ethyl adjacent to an activating group) is 1. The first-order chi connectivity index (χ1) is 8.43. The Morgan fingerprint density at radius 2 is 1.89 bits per heavy atom. The molecule has 7 heteroatoms. The van der Waals surface area contributed by atoms with Crippen LogP contribution in [0, 0.1) is 0 Å². The first kappa shape index (κ1) is 14.9. The quantitative estimate of drug-likeness (QED) is 0.708. The van der Waals surface area contributed by atoms with Gasteiger partial charge in [-0.2, -0.15) is 0 Å². The van der Waals surface area contributed by atoms with E-state index in [9.17, 15) is 8.42 Å². The number of benzene rings is 1. The Kier molecular flexibility index (Phi) is 5.54. The SMILES string of the molecule is CN(CCO)CCOc1ccc(S(N)(=O)=O)cc1. The normalized spacial score (nSPS) is 11.8. The molecule has 18 heavy (non-hydrogen) atoms. The first-order valence-electron chi connectivity index (χ1n) is 5.48. The van der Waals surface area contributed by atoms with Crippen LogP contribution in [0.4, 0.5) is 0 Å². The van der Waals surface area contributed by atoms with Gasteiger partial charge in [0.05, 0.1) is 11.5 Å². The zero-order valence-electron chi connectivity index (χ0n) is 10.2. The number of sulfonamides is 1.